The lowest BCUT2D eigenvalue weighted by atomic mass is 10.1. The predicted octanol–water partition coefficient (Wildman–Crippen LogP) is 3.20. The summed E-state index contributed by atoms with van der Waals surface area (Å²) < 4.78 is 6.02. The highest BCUT2D eigenvalue weighted by Crippen LogP contribution is 2.35. The topological polar surface area (TPSA) is 50.8 Å². The van der Waals surface area contributed by atoms with E-state index in [9.17, 15) is 0 Å². The highest BCUT2D eigenvalue weighted by molar-refractivity contribution is 5.91. The molecule has 1 aromatic carbocycles. The third-order valence-corrected chi connectivity index (χ3v) is 3.38. The number of hydrogen-bond donors (Lipinski definition) is 1. The molecule has 1 aliphatic heterocycles. The first-order valence-electron chi connectivity index (χ1n) is 7.01. The van der Waals surface area contributed by atoms with Crippen LogP contribution in [0.3, 0.4) is 0 Å². The first-order chi connectivity index (χ1) is 9.15. The van der Waals surface area contributed by atoms with Gasteiger partial charge in [-0.1, -0.05) is 20.3 Å². The van der Waals surface area contributed by atoms with Gasteiger partial charge in [-0.15, -0.1) is 0 Å². The summed E-state index contributed by atoms with van der Waals surface area (Å²) in [6.07, 6.45) is 3.30. The van der Waals surface area contributed by atoms with Crippen molar-refractivity contribution in [2.75, 3.05) is 19.3 Å². The molecule has 1 unspecified atom stereocenters. The number of aliphatic imine (C=N–C) groups is 1. The third-order valence-electron chi connectivity index (χ3n) is 3.38. The van der Waals surface area contributed by atoms with Crippen LogP contribution >= 0.6 is 0 Å². The third kappa shape index (κ3) is 3.00. The molecule has 0 radical (unpaired) electrons. The zero-order valence-electron chi connectivity index (χ0n) is 12.0. The number of rotatable bonds is 4. The van der Waals surface area contributed by atoms with Crippen LogP contribution < -0.4 is 10.5 Å². The molecule has 2 rings (SSSR count). The van der Waals surface area contributed by atoms with Crippen molar-refractivity contribution in [3.63, 3.8) is 0 Å². The van der Waals surface area contributed by atoms with Crippen LogP contribution in [0.1, 0.15) is 33.1 Å². The Hall–Kier alpha value is -1.71. The van der Waals surface area contributed by atoms with Crippen LogP contribution in [0.2, 0.25) is 0 Å². The fraction of sp³-hybridized carbons (Fsp3) is 0.533. The molecule has 1 aliphatic rings. The summed E-state index contributed by atoms with van der Waals surface area (Å²) in [7, 11) is 2.08. The molecule has 0 fully saturated rings. The molecular weight excluding hydrogens is 238 g/mol. The predicted molar refractivity (Wildman–Crippen MR) is 80.2 cm³/mol. The van der Waals surface area contributed by atoms with Gasteiger partial charge >= 0.3 is 0 Å². The Bertz CT molecular complexity index is 470. The summed E-state index contributed by atoms with van der Waals surface area (Å²) >= 11 is 0. The summed E-state index contributed by atoms with van der Waals surface area (Å²) in [5.41, 5.74) is 7.37. The van der Waals surface area contributed by atoms with E-state index in [1.165, 1.54) is 6.42 Å². The number of ether oxygens (including phenoxy) is 1. The van der Waals surface area contributed by atoms with E-state index >= 15 is 0 Å². The highest BCUT2D eigenvalue weighted by Gasteiger charge is 2.25. The summed E-state index contributed by atoms with van der Waals surface area (Å²) in [4.78, 5) is 6.95. The fourth-order valence-corrected chi connectivity index (χ4v) is 2.23. The molecule has 4 nitrogen and oxygen atoms in total. The van der Waals surface area contributed by atoms with E-state index in [0.29, 0.717) is 0 Å². The lowest BCUT2D eigenvalue weighted by molar-refractivity contribution is 0.238. The molecule has 0 bridgehead atoms. The second kappa shape index (κ2) is 5.95. The highest BCUT2D eigenvalue weighted by atomic mass is 16.5. The molecule has 19 heavy (non-hydrogen) atoms. The van der Waals surface area contributed by atoms with Crippen LogP contribution in [0, 0.1) is 0 Å². The van der Waals surface area contributed by atoms with Crippen molar-refractivity contribution in [1.29, 1.82) is 0 Å². The molecule has 0 saturated carbocycles. The van der Waals surface area contributed by atoms with Crippen molar-refractivity contribution in [1.82, 2.24) is 4.90 Å². The van der Waals surface area contributed by atoms with Crippen molar-refractivity contribution >= 4 is 17.2 Å². The molecule has 4 heteroatoms. The normalized spacial score (nSPS) is 17.4. The number of nitrogen functional groups attached to an aromatic ring is 1. The van der Waals surface area contributed by atoms with Crippen LogP contribution in [0.25, 0.3) is 0 Å². The van der Waals surface area contributed by atoms with Crippen molar-refractivity contribution in [2.24, 2.45) is 4.99 Å². The van der Waals surface area contributed by atoms with E-state index in [2.05, 4.69) is 25.8 Å². The minimum atomic E-state index is 0.0398. The number of fused-ring (bicyclic) bond motifs is 1. The second-order valence-electron chi connectivity index (χ2n) is 4.99. The van der Waals surface area contributed by atoms with E-state index < -0.39 is 0 Å². The zero-order valence-corrected chi connectivity index (χ0v) is 12.0. The SMILES string of the molecule is CCCCN(C)C1=Nc2cc(N)ccc2OC1CC. The lowest BCUT2D eigenvalue weighted by Gasteiger charge is -2.31. The summed E-state index contributed by atoms with van der Waals surface area (Å²) in [6.45, 7) is 5.32. The molecule has 2 N–H and O–H groups in total. The maximum absolute atomic E-state index is 6.02. The molecule has 0 aromatic heterocycles. The second-order valence-corrected chi connectivity index (χ2v) is 4.99. The van der Waals surface area contributed by atoms with E-state index in [0.717, 1.165) is 42.3 Å². The average molecular weight is 261 g/mol. The van der Waals surface area contributed by atoms with Gasteiger partial charge in [0.05, 0.1) is 0 Å². The van der Waals surface area contributed by atoms with Crippen molar-refractivity contribution in [3.05, 3.63) is 18.2 Å². The number of nitrogens with two attached hydrogens (primary N) is 1. The van der Waals surface area contributed by atoms with Crippen molar-refractivity contribution < 1.29 is 4.74 Å². The van der Waals surface area contributed by atoms with Gasteiger partial charge in [-0.25, -0.2) is 4.99 Å². The van der Waals surface area contributed by atoms with Gasteiger partial charge in [0, 0.05) is 19.3 Å². The summed E-state index contributed by atoms with van der Waals surface area (Å²) in [5.74, 6) is 1.84. The number of nitrogens with zero attached hydrogens (tertiary/aromatic N) is 2. The number of anilines is 1. The molecule has 104 valence electrons. The molecule has 0 spiro atoms. The summed E-state index contributed by atoms with van der Waals surface area (Å²) in [5, 5.41) is 0. The lowest BCUT2D eigenvalue weighted by Crippen LogP contribution is -2.41. The van der Waals surface area contributed by atoms with Crippen molar-refractivity contribution in [2.45, 2.75) is 39.2 Å². The van der Waals surface area contributed by atoms with Gasteiger partial charge in [-0.05, 0) is 31.0 Å². The van der Waals surface area contributed by atoms with Gasteiger partial charge in [0.2, 0.25) is 0 Å². The van der Waals surface area contributed by atoms with Crippen LogP contribution in [0.15, 0.2) is 23.2 Å². The number of unbranched alkanes of at least 4 members (excludes halogenated alkanes) is 1. The Labute approximate surface area is 115 Å². The molecule has 0 amide bonds. The number of likely N-dealkylation sites (N-methyl/N-ethyl adjacent to an activating group) is 1. The average Bonchev–Trinajstić information content (AvgIpc) is 2.43. The quantitative estimate of drug-likeness (QED) is 0.847. The summed E-state index contributed by atoms with van der Waals surface area (Å²) in [6, 6.07) is 5.63. The van der Waals surface area contributed by atoms with E-state index in [-0.39, 0.29) is 6.10 Å². The Morgan fingerprint density at radius 1 is 1.37 bits per heavy atom. The van der Waals surface area contributed by atoms with Crippen molar-refractivity contribution in [3.8, 4) is 5.75 Å². The van der Waals surface area contributed by atoms with Crippen LogP contribution in [0.5, 0.6) is 5.75 Å². The Kier molecular flexibility index (Phi) is 4.30. The monoisotopic (exact) mass is 261 g/mol. The first kappa shape index (κ1) is 13.7. The number of amidine groups is 1. The van der Waals surface area contributed by atoms with Gasteiger partial charge < -0.3 is 15.4 Å². The van der Waals surface area contributed by atoms with E-state index in [1.54, 1.807) is 0 Å². The van der Waals surface area contributed by atoms with Gasteiger partial charge in [0.15, 0.2) is 6.10 Å². The van der Waals surface area contributed by atoms with Gasteiger partial charge in [0.1, 0.15) is 17.3 Å². The Morgan fingerprint density at radius 3 is 2.84 bits per heavy atom. The van der Waals surface area contributed by atoms with E-state index in [1.807, 2.05) is 18.2 Å². The van der Waals surface area contributed by atoms with Gasteiger partial charge in [-0.2, -0.15) is 0 Å². The molecule has 1 aromatic rings. The molecule has 1 heterocycles. The number of benzene rings is 1. The minimum absolute atomic E-state index is 0.0398. The molecule has 0 saturated heterocycles. The smallest absolute Gasteiger partial charge is 0.156 e. The van der Waals surface area contributed by atoms with Gasteiger partial charge in [-0.3, -0.25) is 0 Å². The van der Waals surface area contributed by atoms with Gasteiger partial charge in [0.25, 0.3) is 0 Å². The Morgan fingerprint density at radius 2 is 2.16 bits per heavy atom. The maximum Gasteiger partial charge on any atom is 0.156 e. The Balaban J connectivity index is 2.28. The van der Waals surface area contributed by atoms with E-state index in [4.69, 9.17) is 15.5 Å². The molecule has 1 atom stereocenters. The maximum atomic E-state index is 6.02. The largest absolute Gasteiger partial charge is 0.480 e. The standard InChI is InChI=1S/C15H23N3O/c1-4-6-9-18(3)15-13(5-2)19-14-8-7-11(16)10-12(14)17-15/h7-8,10,13H,4-6,9,16H2,1-3H3. The first-order valence-corrected chi connectivity index (χ1v) is 7.01. The minimum Gasteiger partial charge on any atom is -0.480 e. The van der Waals surface area contributed by atoms with Crippen LogP contribution in [0.4, 0.5) is 11.4 Å². The van der Waals surface area contributed by atoms with Crippen LogP contribution in [-0.2, 0) is 0 Å². The zero-order chi connectivity index (χ0) is 13.8. The van der Waals surface area contributed by atoms with Crippen LogP contribution in [-0.4, -0.2) is 30.4 Å². The molecule has 0 aliphatic carbocycles. The molecular formula is C15H23N3O. The number of hydrogen-bond acceptors (Lipinski definition) is 4. The fourth-order valence-electron chi connectivity index (χ4n) is 2.23.